The Balaban J connectivity index is 1.63. The molecule has 1 aromatic carbocycles. The fraction of sp³-hybridized carbons (Fsp3) is 0.474. The quantitative estimate of drug-likeness (QED) is 0.634. The monoisotopic (exact) mass is 361 g/mol. The number of halogens is 2. The van der Waals surface area contributed by atoms with Gasteiger partial charge in [-0.15, -0.1) is 0 Å². The lowest BCUT2D eigenvalue weighted by atomic mass is 9.99. The second kappa shape index (κ2) is 8.78. The summed E-state index contributed by atoms with van der Waals surface area (Å²) in [5.74, 6) is 1.62. The molecule has 2 aromatic rings. The van der Waals surface area contributed by atoms with Crippen LogP contribution in [-0.2, 0) is 13.0 Å². The fourth-order valence-corrected chi connectivity index (χ4v) is 3.35. The van der Waals surface area contributed by atoms with Crippen LogP contribution in [0.25, 0.3) is 0 Å². The average Bonchev–Trinajstić information content (AvgIpc) is 3.29. The number of nitrogens with zero attached hydrogens (tertiary/aromatic N) is 4. The van der Waals surface area contributed by atoms with Gasteiger partial charge in [0.1, 0.15) is 12.4 Å². The second-order valence-electron chi connectivity index (χ2n) is 6.49. The van der Waals surface area contributed by atoms with Crippen molar-refractivity contribution in [1.29, 1.82) is 0 Å². The minimum Gasteiger partial charge on any atom is -0.357 e. The van der Waals surface area contributed by atoms with Crippen molar-refractivity contribution >= 4 is 5.96 Å². The third-order valence-electron chi connectivity index (χ3n) is 4.62. The van der Waals surface area contributed by atoms with Crippen molar-refractivity contribution < 1.29 is 8.78 Å². The summed E-state index contributed by atoms with van der Waals surface area (Å²) >= 11 is 0. The molecule has 5 nitrogen and oxygen atoms in total. The largest absolute Gasteiger partial charge is 0.357 e. The maximum absolute atomic E-state index is 12.9. The van der Waals surface area contributed by atoms with Crippen LogP contribution in [0.3, 0.4) is 0 Å². The summed E-state index contributed by atoms with van der Waals surface area (Å²) in [5.41, 5.74) is 1.35. The number of hydrogen-bond donors (Lipinski definition) is 1. The van der Waals surface area contributed by atoms with E-state index in [9.17, 15) is 8.78 Å². The predicted octanol–water partition coefficient (Wildman–Crippen LogP) is 3.31. The second-order valence-corrected chi connectivity index (χ2v) is 6.49. The highest BCUT2D eigenvalue weighted by Crippen LogP contribution is 2.21. The first kappa shape index (κ1) is 18.4. The molecule has 7 heteroatoms. The molecular formula is C19H25F2N5. The minimum atomic E-state index is -2.59. The molecule has 2 heterocycles. The van der Waals surface area contributed by atoms with E-state index in [1.54, 1.807) is 0 Å². The summed E-state index contributed by atoms with van der Waals surface area (Å²) in [6.45, 7) is 2.14. The zero-order chi connectivity index (χ0) is 18.4. The van der Waals surface area contributed by atoms with Gasteiger partial charge in [0.05, 0.1) is 0 Å². The molecular weight excluding hydrogens is 336 g/mol. The molecule has 0 amide bonds. The molecule has 0 saturated carbocycles. The molecule has 26 heavy (non-hydrogen) atoms. The van der Waals surface area contributed by atoms with Gasteiger partial charge >= 0.3 is 6.55 Å². The van der Waals surface area contributed by atoms with Crippen LogP contribution in [0, 0.1) is 5.92 Å². The minimum absolute atomic E-state index is 0.138. The normalized spacial score (nSPS) is 17.9. The van der Waals surface area contributed by atoms with Gasteiger partial charge in [-0.1, -0.05) is 30.3 Å². The van der Waals surface area contributed by atoms with Crippen molar-refractivity contribution in [1.82, 2.24) is 19.8 Å². The summed E-state index contributed by atoms with van der Waals surface area (Å²) in [7, 11) is 0. The maximum atomic E-state index is 12.9. The standard InChI is InChI=1S/C19H25F2N5/c1-2-22-19(24-13-17-23-9-11-26(17)18(20)21)25-10-8-16(14-25)12-15-6-4-3-5-7-15/h3-7,9,11,16,18H,2,8,10,12-14H2,1H3,(H,22,24). The Hall–Kier alpha value is -2.44. The summed E-state index contributed by atoms with van der Waals surface area (Å²) in [6, 6.07) is 10.5. The summed E-state index contributed by atoms with van der Waals surface area (Å²) in [6.07, 6.45) is 4.82. The lowest BCUT2D eigenvalue weighted by molar-refractivity contribution is 0.0671. The Morgan fingerprint density at radius 2 is 2.15 bits per heavy atom. The number of guanidine groups is 1. The van der Waals surface area contributed by atoms with Gasteiger partial charge in [0.15, 0.2) is 5.96 Å². The Morgan fingerprint density at radius 3 is 2.88 bits per heavy atom. The lowest BCUT2D eigenvalue weighted by Gasteiger charge is -2.21. The van der Waals surface area contributed by atoms with E-state index >= 15 is 0 Å². The number of nitrogens with one attached hydrogen (secondary N) is 1. The van der Waals surface area contributed by atoms with Gasteiger partial charge in [-0.25, -0.2) is 9.98 Å². The lowest BCUT2D eigenvalue weighted by Crippen LogP contribution is -2.40. The maximum Gasteiger partial charge on any atom is 0.319 e. The van der Waals surface area contributed by atoms with E-state index in [0.29, 0.717) is 5.92 Å². The van der Waals surface area contributed by atoms with Crippen LogP contribution >= 0.6 is 0 Å². The van der Waals surface area contributed by atoms with Crippen LogP contribution in [0.4, 0.5) is 8.78 Å². The third kappa shape index (κ3) is 4.59. The van der Waals surface area contributed by atoms with Crippen molar-refractivity contribution in [2.24, 2.45) is 10.9 Å². The van der Waals surface area contributed by atoms with Gasteiger partial charge in [0.2, 0.25) is 0 Å². The Bertz CT molecular complexity index is 714. The molecule has 1 aliphatic rings. The predicted molar refractivity (Wildman–Crippen MR) is 98.1 cm³/mol. The van der Waals surface area contributed by atoms with E-state index < -0.39 is 6.55 Å². The summed E-state index contributed by atoms with van der Waals surface area (Å²) < 4.78 is 26.7. The van der Waals surface area contributed by atoms with Gasteiger partial charge in [-0.05, 0) is 31.2 Å². The van der Waals surface area contributed by atoms with Crippen LogP contribution in [0.1, 0.15) is 31.3 Å². The third-order valence-corrected chi connectivity index (χ3v) is 4.62. The number of imidazole rings is 1. The number of aliphatic imine (C=N–C) groups is 1. The van der Waals surface area contributed by atoms with Gasteiger partial charge in [0, 0.05) is 32.0 Å². The number of rotatable bonds is 6. The molecule has 1 atom stereocenters. The first-order chi connectivity index (χ1) is 12.7. The average molecular weight is 361 g/mol. The number of aromatic nitrogens is 2. The zero-order valence-electron chi connectivity index (χ0n) is 15.0. The van der Waals surface area contributed by atoms with E-state index in [1.165, 1.54) is 18.0 Å². The number of hydrogen-bond acceptors (Lipinski definition) is 2. The van der Waals surface area contributed by atoms with Crippen molar-refractivity contribution in [3.05, 3.63) is 54.1 Å². The molecule has 1 unspecified atom stereocenters. The van der Waals surface area contributed by atoms with Crippen LogP contribution in [0.2, 0.25) is 0 Å². The van der Waals surface area contributed by atoms with Crippen molar-refractivity contribution in [3.63, 3.8) is 0 Å². The fourth-order valence-electron chi connectivity index (χ4n) is 3.35. The first-order valence-electron chi connectivity index (χ1n) is 9.04. The molecule has 0 radical (unpaired) electrons. The van der Waals surface area contributed by atoms with E-state index in [2.05, 4.69) is 44.5 Å². The summed E-state index contributed by atoms with van der Waals surface area (Å²) in [4.78, 5) is 10.7. The number of alkyl halides is 2. The molecule has 0 aliphatic carbocycles. The highest BCUT2D eigenvalue weighted by molar-refractivity contribution is 5.80. The smallest absolute Gasteiger partial charge is 0.319 e. The van der Waals surface area contributed by atoms with Crippen molar-refractivity contribution in [2.45, 2.75) is 32.9 Å². The van der Waals surface area contributed by atoms with Gasteiger partial charge in [0.25, 0.3) is 0 Å². The highest BCUT2D eigenvalue weighted by atomic mass is 19.3. The Morgan fingerprint density at radius 1 is 1.35 bits per heavy atom. The molecule has 3 rings (SSSR count). The molecule has 1 aromatic heterocycles. The van der Waals surface area contributed by atoms with Crippen LogP contribution in [0.15, 0.2) is 47.7 Å². The highest BCUT2D eigenvalue weighted by Gasteiger charge is 2.25. The first-order valence-corrected chi connectivity index (χ1v) is 9.04. The van der Waals surface area contributed by atoms with Crippen molar-refractivity contribution in [2.75, 3.05) is 19.6 Å². The molecule has 0 spiro atoms. The van der Waals surface area contributed by atoms with Crippen LogP contribution in [-0.4, -0.2) is 40.0 Å². The van der Waals surface area contributed by atoms with Gasteiger partial charge < -0.3 is 10.2 Å². The Labute approximate surface area is 152 Å². The molecule has 1 fully saturated rings. The topological polar surface area (TPSA) is 45.5 Å². The Kier molecular flexibility index (Phi) is 6.20. The molecule has 140 valence electrons. The van der Waals surface area contributed by atoms with Gasteiger partial charge in [-0.3, -0.25) is 4.57 Å². The molecule has 1 saturated heterocycles. The summed E-state index contributed by atoms with van der Waals surface area (Å²) in [5, 5.41) is 3.27. The van der Waals surface area contributed by atoms with E-state index in [1.807, 2.05) is 13.0 Å². The molecule has 1 N–H and O–H groups in total. The van der Waals surface area contributed by atoms with E-state index in [4.69, 9.17) is 0 Å². The SMILES string of the molecule is CCNC(=NCc1nccn1C(F)F)N1CCC(Cc2ccccc2)C1. The molecule has 0 bridgehead atoms. The van der Waals surface area contributed by atoms with Crippen LogP contribution < -0.4 is 5.32 Å². The van der Waals surface area contributed by atoms with E-state index in [0.717, 1.165) is 43.0 Å². The number of benzene rings is 1. The van der Waals surface area contributed by atoms with E-state index in [-0.39, 0.29) is 12.4 Å². The number of likely N-dealkylation sites (tertiary alicyclic amines) is 1. The molecule has 1 aliphatic heterocycles. The van der Waals surface area contributed by atoms with Crippen molar-refractivity contribution in [3.8, 4) is 0 Å². The van der Waals surface area contributed by atoms with Crippen LogP contribution in [0.5, 0.6) is 0 Å². The van der Waals surface area contributed by atoms with Gasteiger partial charge in [-0.2, -0.15) is 8.78 Å². The zero-order valence-corrected chi connectivity index (χ0v) is 15.0.